The lowest BCUT2D eigenvalue weighted by Gasteiger charge is -2.26. The second-order valence-corrected chi connectivity index (χ2v) is 4.16. The van der Waals surface area contributed by atoms with Crippen LogP contribution in [-0.2, 0) is 0 Å². The molecule has 0 radical (unpaired) electrons. The minimum Gasteiger partial charge on any atom is -0.382 e. The van der Waals surface area contributed by atoms with E-state index in [2.05, 4.69) is 15.6 Å². The Labute approximate surface area is 105 Å². The highest BCUT2D eigenvalue weighted by atomic mass is 19.4. The van der Waals surface area contributed by atoms with Crippen molar-refractivity contribution in [2.45, 2.75) is 18.3 Å². The molecule has 1 aliphatic rings. The molecule has 0 spiro atoms. The van der Waals surface area contributed by atoms with Crippen molar-refractivity contribution in [2.75, 3.05) is 19.6 Å². The molecular formula is C9H12F3N5O2. The summed E-state index contributed by atoms with van der Waals surface area (Å²) in [5.41, 5.74) is -0.0822. The normalized spacial score (nSPS) is 17.9. The van der Waals surface area contributed by atoms with Gasteiger partial charge in [0.15, 0.2) is 11.8 Å². The second-order valence-electron chi connectivity index (χ2n) is 4.16. The summed E-state index contributed by atoms with van der Waals surface area (Å²) in [5, 5.41) is 21.0. The molecule has 106 valence electrons. The Kier molecular flexibility index (Phi) is 3.71. The fourth-order valence-corrected chi connectivity index (χ4v) is 1.42. The smallest absolute Gasteiger partial charge is 0.382 e. The number of aromatic nitrogens is 3. The molecule has 7 nitrogen and oxygen atoms in total. The molecule has 0 aromatic carbocycles. The predicted octanol–water partition coefficient (Wildman–Crippen LogP) is -0.925. The quantitative estimate of drug-likeness (QED) is 0.662. The van der Waals surface area contributed by atoms with Crippen molar-refractivity contribution < 1.29 is 23.1 Å². The molecule has 0 aliphatic carbocycles. The molecule has 1 aromatic heterocycles. The number of halogens is 3. The van der Waals surface area contributed by atoms with Gasteiger partial charge in [-0.3, -0.25) is 4.79 Å². The summed E-state index contributed by atoms with van der Waals surface area (Å²) < 4.78 is 37.6. The molecule has 2 heterocycles. The maximum absolute atomic E-state index is 12.0. The Balaban J connectivity index is 1.87. The summed E-state index contributed by atoms with van der Waals surface area (Å²) >= 11 is 0. The summed E-state index contributed by atoms with van der Waals surface area (Å²) in [4.78, 5) is 11.5. The first-order chi connectivity index (χ1) is 8.88. The van der Waals surface area contributed by atoms with E-state index in [0.717, 1.165) is 0 Å². The van der Waals surface area contributed by atoms with Crippen LogP contribution in [0, 0.1) is 0 Å². The van der Waals surface area contributed by atoms with Gasteiger partial charge < -0.3 is 15.7 Å². The molecule has 0 saturated carbocycles. The molecule has 0 bridgehead atoms. The average Bonchev–Trinajstić information content (AvgIpc) is 2.70. The van der Waals surface area contributed by atoms with E-state index < -0.39 is 24.7 Å². The third kappa shape index (κ3) is 3.20. The SMILES string of the molecule is O=C(NCC(O)C(F)(F)F)c1cn(C2CNC2)nn1. The van der Waals surface area contributed by atoms with Gasteiger partial charge in [-0.25, -0.2) is 4.68 Å². The van der Waals surface area contributed by atoms with Crippen LogP contribution in [0.1, 0.15) is 16.5 Å². The Morgan fingerprint density at radius 1 is 1.63 bits per heavy atom. The third-order valence-electron chi connectivity index (χ3n) is 2.71. The first kappa shape index (κ1) is 13.7. The molecule has 1 aromatic rings. The number of nitrogens with one attached hydrogen (secondary N) is 2. The number of alkyl halides is 3. The molecule has 1 atom stereocenters. The van der Waals surface area contributed by atoms with E-state index in [-0.39, 0.29) is 11.7 Å². The predicted molar refractivity (Wildman–Crippen MR) is 56.3 cm³/mol. The fraction of sp³-hybridized carbons (Fsp3) is 0.667. The van der Waals surface area contributed by atoms with E-state index >= 15 is 0 Å². The summed E-state index contributed by atoms with van der Waals surface area (Å²) in [6.45, 7) is 0.495. The van der Waals surface area contributed by atoms with Crippen LogP contribution in [0.4, 0.5) is 13.2 Å². The van der Waals surface area contributed by atoms with E-state index in [9.17, 15) is 18.0 Å². The number of rotatable bonds is 4. The number of amides is 1. The van der Waals surface area contributed by atoms with E-state index in [1.165, 1.54) is 10.9 Å². The Morgan fingerprint density at radius 3 is 2.84 bits per heavy atom. The highest BCUT2D eigenvalue weighted by molar-refractivity contribution is 5.91. The maximum atomic E-state index is 12.0. The number of nitrogens with zero attached hydrogens (tertiary/aromatic N) is 3. The van der Waals surface area contributed by atoms with Gasteiger partial charge in [0.2, 0.25) is 0 Å². The van der Waals surface area contributed by atoms with Crippen molar-refractivity contribution in [3.63, 3.8) is 0 Å². The lowest BCUT2D eigenvalue weighted by Crippen LogP contribution is -2.43. The number of aliphatic hydroxyl groups excluding tert-OH is 1. The standard InChI is InChI=1S/C9H12F3N5O2/c10-9(11,12)7(18)3-14-8(19)6-4-17(16-15-6)5-1-13-2-5/h4-5,7,13,18H,1-3H2,(H,14,19). The lowest BCUT2D eigenvalue weighted by molar-refractivity contribution is -0.201. The zero-order valence-electron chi connectivity index (χ0n) is 9.68. The number of carbonyl (C=O) groups is 1. The molecule has 3 N–H and O–H groups in total. The molecule has 19 heavy (non-hydrogen) atoms. The fourth-order valence-electron chi connectivity index (χ4n) is 1.42. The van der Waals surface area contributed by atoms with Crippen LogP contribution in [0.2, 0.25) is 0 Å². The zero-order chi connectivity index (χ0) is 14.0. The van der Waals surface area contributed by atoms with E-state index in [0.29, 0.717) is 13.1 Å². The van der Waals surface area contributed by atoms with Gasteiger partial charge in [0.25, 0.3) is 5.91 Å². The van der Waals surface area contributed by atoms with Crippen molar-refractivity contribution >= 4 is 5.91 Å². The minimum atomic E-state index is -4.76. The first-order valence-electron chi connectivity index (χ1n) is 5.53. The highest BCUT2D eigenvalue weighted by Crippen LogP contribution is 2.19. The van der Waals surface area contributed by atoms with Crippen molar-refractivity contribution in [1.29, 1.82) is 0 Å². The van der Waals surface area contributed by atoms with E-state index in [1.54, 1.807) is 0 Å². The van der Waals surface area contributed by atoms with Crippen LogP contribution >= 0.6 is 0 Å². The zero-order valence-corrected chi connectivity index (χ0v) is 9.68. The maximum Gasteiger partial charge on any atom is 0.416 e. The van der Waals surface area contributed by atoms with Gasteiger partial charge in [-0.2, -0.15) is 13.2 Å². The molecule has 1 amide bonds. The van der Waals surface area contributed by atoms with Gasteiger partial charge >= 0.3 is 6.18 Å². The number of aliphatic hydroxyl groups is 1. The number of hydrogen-bond donors (Lipinski definition) is 3. The number of hydrogen-bond acceptors (Lipinski definition) is 5. The van der Waals surface area contributed by atoms with Gasteiger partial charge in [-0.1, -0.05) is 5.21 Å². The van der Waals surface area contributed by atoms with E-state index in [4.69, 9.17) is 5.11 Å². The summed E-state index contributed by atoms with van der Waals surface area (Å²) in [5.74, 6) is -0.804. The largest absolute Gasteiger partial charge is 0.416 e. The van der Waals surface area contributed by atoms with Crippen LogP contribution in [0.15, 0.2) is 6.20 Å². The van der Waals surface area contributed by atoms with Crippen molar-refractivity contribution in [2.24, 2.45) is 0 Å². The summed E-state index contributed by atoms with van der Waals surface area (Å²) in [6, 6.07) is 0.106. The van der Waals surface area contributed by atoms with Gasteiger partial charge in [-0.05, 0) is 0 Å². The Hall–Kier alpha value is -1.68. The molecule has 2 rings (SSSR count). The molecule has 1 fully saturated rings. The highest BCUT2D eigenvalue weighted by Gasteiger charge is 2.38. The monoisotopic (exact) mass is 279 g/mol. The lowest BCUT2D eigenvalue weighted by atomic mass is 10.2. The molecular weight excluding hydrogens is 267 g/mol. The second kappa shape index (κ2) is 5.13. The van der Waals surface area contributed by atoms with Crippen LogP contribution in [0.5, 0.6) is 0 Å². The van der Waals surface area contributed by atoms with Crippen LogP contribution in [-0.4, -0.2) is 57.9 Å². The van der Waals surface area contributed by atoms with Crippen molar-refractivity contribution in [3.8, 4) is 0 Å². The minimum absolute atomic E-state index is 0.0822. The van der Waals surface area contributed by atoms with Gasteiger partial charge in [0, 0.05) is 13.1 Å². The van der Waals surface area contributed by atoms with Gasteiger partial charge in [0.05, 0.1) is 18.8 Å². The summed E-state index contributed by atoms with van der Waals surface area (Å²) in [7, 11) is 0. The molecule has 1 unspecified atom stereocenters. The molecule has 1 aliphatic heterocycles. The Bertz CT molecular complexity index is 457. The van der Waals surface area contributed by atoms with Gasteiger partial charge in [0.1, 0.15) is 0 Å². The van der Waals surface area contributed by atoms with Crippen molar-refractivity contribution in [1.82, 2.24) is 25.6 Å². The topological polar surface area (TPSA) is 92.1 Å². The van der Waals surface area contributed by atoms with Crippen LogP contribution in [0.3, 0.4) is 0 Å². The Morgan fingerprint density at radius 2 is 2.32 bits per heavy atom. The van der Waals surface area contributed by atoms with Crippen molar-refractivity contribution in [3.05, 3.63) is 11.9 Å². The molecule has 1 saturated heterocycles. The number of carbonyl (C=O) groups excluding carboxylic acids is 1. The first-order valence-corrected chi connectivity index (χ1v) is 5.53. The van der Waals surface area contributed by atoms with Crippen LogP contribution < -0.4 is 10.6 Å². The van der Waals surface area contributed by atoms with Gasteiger partial charge in [-0.15, -0.1) is 5.10 Å². The van der Waals surface area contributed by atoms with E-state index in [1.807, 2.05) is 5.32 Å². The summed E-state index contributed by atoms with van der Waals surface area (Å²) in [6.07, 6.45) is -5.99. The van der Waals surface area contributed by atoms with Crippen LogP contribution in [0.25, 0.3) is 0 Å². The third-order valence-corrected chi connectivity index (χ3v) is 2.71. The average molecular weight is 279 g/mol. The molecule has 10 heteroatoms.